The standard InChI is InChI=1S/C12H18N2S/c1-9-5-11(3)14-12(6-9)15-8-10(2)7-13-4/h5-6,13H,2,7-8H2,1,3-4H3. The predicted molar refractivity (Wildman–Crippen MR) is 67.5 cm³/mol. The number of hydrogen-bond acceptors (Lipinski definition) is 3. The first kappa shape index (κ1) is 12.3. The number of pyridine rings is 1. The van der Waals surface area contributed by atoms with Crippen LogP contribution in [0, 0.1) is 13.8 Å². The molecular weight excluding hydrogens is 204 g/mol. The van der Waals surface area contributed by atoms with Crippen LogP contribution in [0.15, 0.2) is 29.3 Å². The predicted octanol–water partition coefficient (Wildman–Crippen LogP) is 2.57. The molecule has 1 heterocycles. The Balaban J connectivity index is 2.54. The molecule has 0 aliphatic carbocycles. The second kappa shape index (κ2) is 5.93. The summed E-state index contributed by atoms with van der Waals surface area (Å²) in [6.07, 6.45) is 0. The molecule has 0 saturated carbocycles. The van der Waals surface area contributed by atoms with Gasteiger partial charge in [-0.3, -0.25) is 0 Å². The van der Waals surface area contributed by atoms with E-state index in [-0.39, 0.29) is 0 Å². The fraction of sp³-hybridized carbons (Fsp3) is 0.417. The average molecular weight is 222 g/mol. The first-order valence-electron chi connectivity index (χ1n) is 5.01. The van der Waals surface area contributed by atoms with Crippen molar-refractivity contribution in [1.29, 1.82) is 0 Å². The summed E-state index contributed by atoms with van der Waals surface area (Å²) in [4.78, 5) is 4.47. The van der Waals surface area contributed by atoms with Gasteiger partial charge in [0.15, 0.2) is 0 Å². The summed E-state index contributed by atoms with van der Waals surface area (Å²) in [5.74, 6) is 0.927. The number of aromatic nitrogens is 1. The van der Waals surface area contributed by atoms with Crippen molar-refractivity contribution in [1.82, 2.24) is 10.3 Å². The second-order valence-electron chi connectivity index (χ2n) is 3.69. The number of thioether (sulfide) groups is 1. The Morgan fingerprint density at radius 1 is 1.47 bits per heavy atom. The van der Waals surface area contributed by atoms with Gasteiger partial charge in [0.2, 0.25) is 0 Å². The number of aryl methyl sites for hydroxylation is 2. The normalized spacial score (nSPS) is 10.3. The van der Waals surface area contributed by atoms with Crippen LogP contribution in [0.25, 0.3) is 0 Å². The van der Waals surface area contributed by atoms with E-state index >= 15 is 0 Å². The van der Waals surface area contributed by atoms with Gasteiger partial charge in [-0.15, -0.1) is 11.8 Å². The van der Waals surface area contributed by atoms with E-state index in [1.54, 1.807) is 11.8 Å². The molecule has 1 N–H and O–H groups in total. The molecular formula is C12H18N2S. The van der Waals surface area contributed by atoms with Crippen molar-refractivity contribution < 1.29 is 0 Å². The van der Waals surface area contributed by atoms with Crippen LogP contribution in [-0.2, 0) is 0 Å². The Labute approximate surface area is 96.2 Å². The van der Waals surface area contributed by atoms with Crippen molar-refractivity contribution in [3.63, 3.8) is 0 Å². The van der Waals surface area contributed by atoms with E-state index in [0.717, 1.165) is 23.0 Å². The average Bonchev–Trinajstić information content (AvgIpc) is 2.14. The minimum Gasteiger partial charge on any atom is -0.316 e. The first-order chi connectivity index (χ1) is 7.11. The topological polar surface area (TPSA) is 24.9 Å². The van der Waals surface area contributed by atoms with Crippen molar-refractivity contribution in [3.05, 3.63) is 35.5 Å². The molecule has 15 heavy (non-hydrogen) atoms. The maximum absolute atomic E-state index is 4.47. The lowest BCUT2D eigenvalue weighted by molar-refractivity contribution is 0.885. The molecule has 1 rings (SSSR count). The Bertz CT molecular complexity index is 327. The van der Waals surface area contributed by atoms with E-state index in [0.29, 0.717) is 0 Å². The van der Waals surface area contributed by atoms with Gasteiger partial charge in [0.1, 0.15) is 0 Å². The van der Waals surface area contributed by atoms with E-state index in [9.17, 15) is 0 Å². The molecule has 0 aliphatic heterocycles. The highest BCUT2D eigenvalue weighted by Crippen LogP contribution is 2.19. The van der Waals surface area contributed by atoms with Crippen molar-refractivity contribution in [2.45, 2.75) is 18.9 Å². The molecule has 0 aliphatic rings. The van der Waals surface area contributed by atoms with Gasteiger partial charge in [0.05, 0.1) is 5.03 Å². The highest BCUT2D eigenvalue weighted by Gasteiger charge is 2.00. The molecule has 0 aromatic carbocycles. The Kier molecular flexibility index (Phi) is 4.85. The van der Waals surface area contributed by atoms with Crippen LogP contribution in [0.1, 0.15) is 11.3 Å². The summed E-state index contributed by atoms with van der Waals surface area (Å²) in [6, 6.07) is 4.21. The summed E-state index contributed by atoms with van der Waals surface area (Å²) in [6.45, 7) is 8.99. The Morgan fingerprint density at radius 3 is 2.80 bits per heavy atom. The molecule has 0 radical (unpaired) electrons. The molecule has 0 amide bonds. The third-order valence-corrected chi connectivity index (χ3v) is 2.98. The van der Waals surface area contributed by atoms with E-state index in [1.165, 1.54) is 11.1 Å². The Hall–Kier alpha value is -0.800. The summed E-state index contributed by atoms with van der Waals surface area (Å²) in [5, 5.41) is 4.18. The van der Waals surface area contributed by atoms with Gasteiger partial charge >= 0.3 is 0 Å². The first-order valence-corrected chi connectivity index (χ1v) is 5.99. The van der Waals surface area contributed by atoms with Gasteiger partial charge in [0, 0.05) is 18.0 Å². The molecule has 82 valence electrons. The van der Waals surface area contributed by atoms with E-state index in [1.807, 2.05) is 14.0 Å². The molecule has 0 atom stereocenters. The van der Waals surface area contributed by atoms with E-state index in [2.05, 4.69) is 35.9 Å². The zero-order valence-electron chi connectivity index (χ0n) is 9.63. The summed E-state index contributed by atoms with van der Waals surface area (Å²) in [5.41, 5.74) is 3.55. The van der Waals surface area contributed by atoms with Crippen LogP contribution in [0.4, 0.5) is 0 Å². The van der Waals surface area contributed by atoms with Crippen molar-refractivity contribution in [2.75, 3.05) is 19.3 Å². The largest absolute Gasteiger partial charge is 0.316 e. The molecule has 1 aromatic heterocycles. The number of nitrogens with zero attached hydrogens (tertiary/aromatic N) is 1. The van der Waals surface area contributed by atoms with Gasteiger partial charge in [-0.25, -0.2) is 4.98 Å². The molecule has 2 nitrogen and oxygen atoms in total. The quantitative estimate of drug-likeness (QED) is 0.612. The summed E-state index contributed by atoms with van der Waals surface area (Å²) >= 11 is 1.75. The minimum absolute atomic E-state index is 0.873. The Morgan fingerprint density at radius 2 is 2.20 bits per heavy atom. The highest BCUT2D eigenvalue weighted by atomic mass is 32.2. The number of likely N-dealkylation sites (N-methyl/N-ethyl adjacent to an activating group) is 1. The van der Waals surface area contributed by atoms with Crippen LogP contribution in [-0.4, -0.2) is 24.3 Å². The van der Waals surface area contributed by atoms with E-state index in [4.69, 9.17) is 0 Å². The number of hydrogen-bond donors (Lipinski definition) is 1. The lowest BCUT2D eigenvalue weighted by atomic mass is 10.3. The summed E-state index contributed by atoms with van der Waals surface area (Å²) in [7, 11) is 1.94. The van der Waals surface area contributed by atoms with Gasteiger partial charge in [-0.2, -0.15) is 0 Å². The molecule has 0 fully saturated rings. The van der Waals surface area contributed by atoms with Crippen LogP contribution in [0.2, 0.25) is 0 Å². The van der Waals surface area contributed by atoms with Gasteiger partial charge in [0.25, 0.3) is 0 Å². The van der Waals surface area contributed by atoms with Crippen molar-refractivity contribution in [3.8, 4) is 0 Å². The lowest BCUT2D eigenvalue weighted by Gasteiger charge is -2.05. The van der Waals surface area contributed by atoms with Crippen LogP contribution in [0.5, 0.6) is 0 Å². The molecule has 0 unspecified atom stereocenters. The van der Waals surface area contributed by atoms with Crippen LogP contribution < -0.4 is 5.32 Å². The molecule has 1 aromatic rings. The SMILES string of the molecule is C=C(CNC)CSc1cc(C)cc(C)n1. The van der Waals surface area contributed by atoms with Crippen LogP contribution in [0.3, 0.4) is 0 Å². The molecule has 3 heteroatoms. The van der Waals surface area contributed by atoms with Crippen molar-refractivity contribution >= 4 is 11.8 Å². The van der Waals surface area contributed by atoms with Crippen molar-refractivity contribution in [2.24, 2.45) is 0 Å². The monoisotopic (exact) mass is 222 g/mol. The molecule has 0 bridgehead atoms. The fourth-order valence-electron chi connectivity index (χ4n) is 1.36. The minimum atomic E-state index is 0.873. The highest BCUT2D eigenvalue weighted by molar-refractivity contribution is 7.99. The second-order valence-corrected chi connectivity index (χ2v) is 4.69. The van der Waals surface area contributed by atoms with E-state index < -0.39 is 0 Å². The van der Waals surface area contributed by atoms with Gasteiger partial charge in [-0.05, 0) is 38.6 Å². The zero-order valence-corrected chi connectivity index (χ0v) is 10.4. The third kappa shape index (κ3) is 4.49. The number of rotatable bonds is 5. The number of nitrogens with one attached hydrogen (secondary N) is 1. The summed E-state index contributed by atoms with van der Waals surface area (Å²) < 4.78 is 0. The maximum Gasteiger partial charge on any atom is 0.0968 e. The third-order valence-electron chi connectivity index (χ3n) is 1.93. The van der Waals surface area contributed by atoms with Gasteiger partial charge in [-0.1, -0.05) is 12.2 Å². The van der Waals surface area contributed by atoms with Gasteiger partial charge < -0.3 is 5.32 Å². The molecule has 0 saturated heterocycles. The lowest BCUT2D eigenvalue weighted by Crippen LogP contribution is -2.10. The maximum atomic E-state index is 4.47. The fourth-order valence-corrected chi connectivity index (χ4v) is 2.29. The van der Waals surface area contributed by atoms with Crippen LogP contribution >= 0.6 is 11.8 Å². The smallest absolute Gasteiger partial charge is 0.0968 e. The zero-order chi connectivity index (χ0) is 11.3. The molecule has 0 spiro atoms.